The van der Waals surface area contributed by atoms with E-state index >= 15 is 0 Å². The third-order valence-electron chi connectivity index (χ3n) is 14.9. The van der Waals surface area contributed by atoms with Crippen molar-refractivity contribution in [2.45, 2.75) is 31.6 Å². The second-order valence-electron chi connectivity index (χ2n) is 20.0. The van der Waals surface area contributed by atoms with E-state index in [1.54, 1.807) is 0 Å². The van der Waals surface area contributed by atoms with Gasteiger partial charge in [-0.2, -0.15) is 0 Å². The smallest absolute Gasteiger partial charge is 0.143 e. The van der Waals surface area contributed by atoms with Crippen LogP contribution in [0.5, 0.6) is 0 Å². The molecule has 2 nitrogen and oxygen atoms in total. The molecular formula is C69H51NO. The summed E-state index contributed by atoms with van der Waals surface area (Å²) in [6.07, 6.45) is 0. The van der Waals surface area contributed by atoms with E-state index in [-0.39, 0.29) is 5.41 Å². The number of para-hydroxylation sites is 2. The lowest BCUT2D eigenvalue weighted by Gasteiger charge is -2.34. The van der Waals surface area contributed by atoms with Crippen molar-refractivity contribution >= 4 is 49.8 Å². The molecule has 0 atom stereocenters. The maximum absolute atomic E-state index is 6.62. The molecule has 71 heavy (non-hydrogen) atoms. The fourth-order valence-corrected chi connectivity index (χ4v) is 11.5. The molecule has 13 rings (SSSR count). The van der Waals surface area contributed by atoms with Gasteiger partial charge in [0.05, 0.1) is 11.1 Å². The van der Waals surface area contributed by atoms with E-state index in [9.17, 15) is 0 Å². The van der Waals surface area contributed by atoms with Crippen LogP contribution >= 0.6 is 0 Å². The highest BCUT2D eigenvalue weighted by Crippen LogP contribution is 2.57. The SMILES string of the molecule is CC(C)(C)c1ccc(-c2ccc(N(c3ccc4c(c3)-c3ccccc3C4(c3ccccc3)c3ccccc3)c3ccc4ccccc4c3-c3cccc(-c4cccc5c4oc4ccccc45)c3)cc2)cc1. The Bertz CT molecular complexity index is 3910. The van der Waals surface area contributed by atoms with Gasteiger partial charge in [-0.25, -0.2) is 0 Å². The molecule has 1 aromatic heterocycles. The summed E-state index contributed by atoms with van der Waals surface area (Å²) in [6, 6.07) is 93.8. The molecular weight excluding hydrogens is 859 g/mol. The van der Waals surface area contributed by atoms with Gasteiger partial charge in [0, 0.05) is 33.3 Å². The summed E-state index contributed by atoms with van der Waals surface area (Å²) in [6.45, 7) is 6.81. The Balaban J connectivity index is 1.04. The molecule has 0 saturated heterocycles. The highest BCUT2D eigenvalue weighted by molar-refractivity contribution is 6.11. The van der Waals surface area contributed by atoms with Gasteiger partial charge in [-0.05, 0) is 120 Å². The van der Waals surface area contributed by atoms with Crippen molar-refractivity contribution in [1.29, 1.82) is 0 Å². The van der Waals surface area contributed by atoms with Gasteiger partial charge in [0.25, 0.3) is 0 Å². The Hall–Kier alpha value is -8.72. The monoisotopic (exact) mass is 909 g/mol. The van der Waals surface area contributed by atoms with Gasteiger partial charge in [-0.3, -0.25) is 0 Å². The maximum Gasteiger partial charge on any atom is 0.143 e. The second kappa shape index (κ2) is 16.8. The van der Waals surface area contributed by atoms with Gasteiger partial charge < -0.3 is 9.32 Å². The Labute approximate surface area is 415 Å². The van der Waals surface area contributed by atoms with Crippen LogP contribution in [0.25, 0.3) is 77.2 Å². The third kappa shape index (κ3) is 6.93. The first-order chi connectivity index (χ1) is 34.8. The van der Waals surface area contributed by atoms with E-state index in [0.29, 0.717) is 0 Å². The lowest BCUT2D eigenvalue weighted by molar-refractivity contribution is 0.590. The summed E-state index contributed by atoms with van der Waals surface area (Å²) >= 11 is 0. The molecule has 0 amide bonds. The fourth-order valence-electron chi connectivity index (χ4n) is 11.5. The summed E-state index contributed by atoms with van der Waals surface area (Å²) in [5.74, 6) is 0. The van der Waals surface area contributed by atoms with Crippen molar-refractivity contribution in [1.82, 2.24) is 0 Å². The molecule has 0 saturated carbocycles. The normalized spacial score (nSPS) is 12.8. The molecule has 0 fully saturated rings. The van der Waals surface area contributed by atoms with Gasteiger partial charge in [-0.1, -0.05) is 233 Å². The van der Waals surface area contributed by atoms with Crippen molar-refractivity contribution in [3.05, 3.63) is 283 Å². The summed E-state index contributed by atoms with van der Waals surface area (Å²) in [5, 5.41) is 4.62. The molecule has 0 aliphatic heterocycles. The van der Waals surface area contributed by atoms with Crippen LogP contribution in [-0.4, -0.2) is 0 Å². The zero-order valence-corrected chi connectivity index (χ0v) is 40.1. The standard InChI is InChI=1S/C69H51NO/c1-68(2,3)51-37-32-46(33-38-51)47-34-39-54(40-35-47)70(55-41-42-63-61(45-55)58-26-12-14-30-62(58)69(63,52-21-6-4-7-22-52)53-23-8-5-9-24-53)64-43-36-48-18-10-11-25-56(48)66(64)50-20-16-19-49(44-50)57-28-17-29-60-59-27-13-15-31-65(59)71-67(57)60/h4-45H,1-3H3. The number of rotatable bonds is 8. The predicted molar refractivity (Wildman–Crippen MR) is 298 cm³/mol. The van der Waals surface area contributed by atoms with Crippen LogP contribution in [-0.2, 0) is 10.8 Å². The average Bonchev–Trinajstić information content (AvgIpc) is 3.95. The Morgan fingerprint density at radius 3 is 1.70 bits per heavy atom. The lowest BCUT2D eigenvalue weighted by Crippen LogP contribution is -2.28. The number of hydrogen-bond acceptors (Lipinski definition) is 2. The summed E-state index contributed by atoms with van der Waals surface area (Å²) < 4.78 is 6.62. The van der Waals surface area contributed by atoms with Crippen molar-refractivity contribution in [3.63, 3.8) is 0 Å². The maximum atomic E-state index is 6.62. The van der Waals surface area contributed by atoms with Gasteiger partial charge >= 0.3 is 0 Å². The zero-order valence-electron chi connectivity index (χ0n) is 40.1. The molecule has 0 spiro atoms. The third-order valence-corrected chi connectivity index (χ3v) is 14.9. The predicted octanol–water partition coefficient (Wildman–Crippen LogP) is 18.9. The van der Waals surface area contributed by atoms with Crippen LogP contribution in [0.2, 0.25) is 0 Å². The summed E-state index contributed by atoms with van der Waals surface area (Å²) in [7, 11) is 0. The molecule has 0 bridgehead atoms. The quantitative estimate of drug-likeness (QED) is 0.151. The largest absolute Gasteiger partial charge is 0.455 e. The molecule has 0 unspecified atom stereocenters. The number of anilines is 3. The minimum atomic E-state index is -0.501. The van der Waals surface area contributed by atoms with Crippen molar-refractivity contribution in [3.8, 4) is 44.5 Å². The van der Waals surface area contributed by atoms with E-state index < -0.39 is 5.41 Å². The van der Waals surface area contributed by atoms with Gasteiger partial charge in [0.2, 0.25) is 0 Å². The second-order valence-corrected chi connectivity index (χ2v) is 20.0. The molecule has 2 heteroatoms. The molecule has 1 aliphatic rings. The number of furan rings is 1. The molecule has 0 N–H and O–H groups in total. The van der Waals surface area contributed by atoms with Crippen LogP contribution in [0, 0.1) is 0 Å². The van der Waals surface area contributed by atoms with Crippen molar-refractivity contribution < 1.29 is 4.42 Å². The lowest BCUT2D eigenvalue weighted by atomic mass is 9.68. The highest BCUT2D eigenvalue weighted by atomic mass is 16.3. The van der Waals surface area contributed by atoms with Crippen molar-refractivity contribution in [2.24, 2.45) is 0 Å². The molecule has 0 radical (unpaired) electrons. The molecule has 12 aromatic rings. The first-order valence-electron chi connectivity index (χ1n) is 24.7. The molecule has 338 valence electrons. The fraction of sp³-hybridized carbons (Fsp3) is 0.0725. The van der Waals surface area contributed by atoms with Gasteiger partial charge in [0.1, 0.15) is 11.2 Å². The highest BCUT2D eigenvalue weighted by Gasteiger charge is 2.46. The van der Waals surface area contributed by atoms with Crippen molar-refractivity contribution in [2.75, 3.05) is 4.90 Å². The van der Waals surface area contributed by atoms with Crippen LogP contribution in [0.4, 0.5) is 17.1 Å². The number of nitrogens with zero attached hydrogens (tertiary/aromatic N) is 1. The van der Waals surface area contributed by atoms with Crippen LogP contribution < -0.4 is 4.90 Å². The van der Waals surface area contributed by atoms with E-state index in [1.165, 1.54) is 60.8 Å². The summed E-state index contributed by atoms with van der Waals surface area (Å²) in [5.41, 5.74) is 20.3. The van der Waals surface area contributed by atoms with E-state index in [4.69, 9.17) is 4.42 Å². The molecule has 11 aromatic carbocycles. The minimum Gasteiger partial charge on any atom is -0.455 e. The number of benzene rings is 11. The molecule has 1 heterocycles. The van der Waals surface area contributed by atoms with E-state index in [0.717, 1.165) is 61.3 Å². The number of hydrogen-bond donors (Lipinski definition) is 0. The Morgan fingerprint density at radius 2 is 0.958 bits per heavy atom. The zero-order chi connectivity index (χ0) is 47.7. The number of fused-ring (bicyclic) bond motifs is 7. The first kappa shape index (κ1) is 42.4. The minimum absolute atomic E-state index is 0.0823. The Kier molecular flexibility index (Phi) is 10.0. The average molecular weight is 910 g/mol. The van der Waals surface area contributed by atoms with Crippen LogP contribution in [0.1, 0.15) is 48.6 Å². The van der Waals surface area contributed by atoms with Gasteiger partial charge in [0.15, 0.2) is 0 Å². The molecule has 1 aliphatic carbocycles. The van der Waals surface area contributed by atoms with E-state index in [1.807, 2.05) is 6.07 Å². The van der Waals surface area contributed by atoms with Crippen LogP contribution in [0.15, 0.2) is 259 Å². The topological polar surface area (TPSA) is 16.4 Å². The van der Waals surface area contributed by atoms with E-state index in [2.05, 4.69) is 274 Å². The van der Waals surface area contributed by atoms with Crippen LogP contribution in [0.3, 0.4) is 0 Å². The van der Waals surface area contributed by atoms with Gasteiger partial charge in [-0.15, -0.1) is 0 Å². The Morgan fingerprint density at radius 1 is 0.380 bits per heavy atom. The first-order valence-corrected chi connectivity index (χ1v) is 24.7. The summed E-state index contributed by atoms with van der Waals surface area (Å²) in [4.78, 5) is 2.48.